The van der Waals surface area contributed by atoms with Gasteiger partial charge in [0, 0.05) is 5.39 Å². The fourth-order valence-corrected chi connectivity index (χ4v) is 5.44. The molecule has 2 aromatic rings. The number of aryl methyl sites for hydroxylation is 1. The molecule has 0 N–H and O–H groups in total. The first kappa shape index (κ1) is 20.9. The van der Waals surface area contributed by atoms with Gasteiger partial charge >= 0.3 is 5.97 Å². The summed E-state index contributed by atoms with van der Waals surface area (Å²) in [5.41, 5.74) is 2.89. The molecule has 4 rings (SSSR count). The fraction of sp³-hybridized carbons (Fsp3) is 0.640. The molecule has 0 spiro atoms. The van der Waals surface area contributed by atoms with E-state index in [-0.39, 0.29) is 11.9 Å². The Morgan fingerprint density at radius 1 is 1.20 bits per heavy atom. The largest absolute Gasteiger partial charge is 0.466 e. The van der Waals surface area contributed by atoms with Crippen LogP contribution in [0, 0.1) is 17.2 Å². The van der Waals surface area contributed by atoms with Crippen LogP contribution < -0.4 is 0 Å². The van der Waals surface area contributed by atoms with Gasteiger partial charge in [0.25, 0.3) is 0 Å². The Labute approximate surface area is 179 Å². The molecule has 5 heteroatoms. The van der Waals surface area contributed by atoms with Gasteiger partial charge in [-0.1, -0.05) is 38.3 Å². The van der Waals surface area contributed by atoms with Gasteiger partial charge in [-0.25, -0.2) is 0 Å². The molecule has 30 heavy (non-hydrogen) atoms. The van der Waals surface area contributed by atoms with E-state index in [4.69, 9.17) is 9.84 Å². The summed E-state index contributed by atoms with van der Waals surface area (Å²) in [5, 5.41) is 16.4. The maximum absolute atomic E-state index is 12.1. The van der Waals surface area contributed by atoms with Crippen LogP contribution in [0.4, 0.5) is 0 Å². The van der Waals surface area contributed by atoms with Crippen molar-refractivity contribution in [1.82, 2.24) is 9.78 Å². The summed E-state index contributed by atoms with van der Waals surface area (Å²) in [6.45, 7) is 4.42. The summed E-state index contributed by atoms with van der Waals surface area (Å²) in [6, 6.07) is 9.62. The zero-order chi connectivity index (χ0) is 21.1. The minimum Gasteiger partial charge on any atom is -0.466 e. The van der Waals surface area contributed by atoms with Crippen molar-refractivity contribution >= 4 is 16.9 Å². The fourth-order valence-electron chi connectivity index (χ4n) is 5.44. The third kappa shape index (κ3) is 3.73. The van der Waals surface area contributed by atoms with Crippen LogP contribution in [0.3, 0.4) is 0 Å². The number of nitrogens with zero attached hydrogens (tertiary/aromatic N) is 3. The number of benzene rings is 1. The van der Waals surface area contributed by atoms with Crippen molar-refractivity contribution in [1.29, 1.82) is 5.26 Å². The maximum Gasteiger partial charge on any atom is 0.308 e. The molecule has 1 aromatic carbocycles. The van der Waals surface area contributed by atoms with E-state index in [9.17, 15) is 10.1 Å². The molecule has 0 bridgehead atoms. The van der Waals surface area contributed by atoms with Gasteiger partial charge < -0.3 is 4.74 Å². The number of esters is 1. The third-order valence-electron chi connectivity index (χ3n) is 7.27. The van der Waals surface area contributed by atoms with Gasteiger partial charge in [0.1, 0.15) is 0 Å². The lowest BCUT2D eigenvalue weighted by Gasteiger charge is -2.34. The highest BCUT2D eigenvalue weighted by Gasteiger charge is 2.40. The average molecular weight is 408 g/mol. The number of ether oxygens (including phenoxy) is 1. The van der Waals surface area contributed by atoms with E-state index in [1.165, 1.54) is 43.0 Å². The van der Waals surface area contributed by atoms with Crippen molar-refractivity contribution in [3.8, 4) is 6.07 Å². The molecule has 2 aliphatic carbocycles. The van der Waals surface area contributed by atoms with Gasteiger partial charge in [0.15, 0.2) is 0 Å². The van der Waals surface area contributed by atoms with Crippen LogP contribution in [0.25, 0.3) is 10.9 Å². The summed E-state index contributed by atoms with van der Waals surface area (Å²) in [6.07, 6.45) is 9.99. The smallest absolute Gasteiger partial charge is 0.308 e. The number of hydrogen-bond donors (Lipinski definition) is 0. The Bertz CT molecular complexity index is 941. The van der Waals surface area contributed by atoms with Crippen molar-refractivity contribution in [3.63, 3.8) is 0 Å². The first-order valence-electron chi connectivity index (χ1n) is 11.7. The minimum atomic E-state index is -0.523. The predicted octanol–water partition coefficient (Wildman–Crippen LogP) is 5.62. The Morgan fingerprint density at radius 3 is 2.57 bits per heavy atom. The minimum absolute atomic E-state index is 0.0744. The van der Waals surface area contributed by atoms with Crippen LogP contribution in [0.2, 0.25) is 0 Å². The van der Waals surface area contributed by atoms with Gasteiger partial charge in [-0.15, -0.1) is 0 Å². The van der Waals surface area contributed by atoms with Crippen LogP contribution in [0.5, 0.6) is 0 Å². The molecular formula is C25H33N3O2. The summed E-state index contributed by atoms with van der Waals surface area (Å²) >= 11 is 0. The first-order valence-corrected chi connectivity index (χ1v) is 11.7. The van der Waals surface area contributed by atoms with Gasteiger partial charge in [-0.3, -0.25) is 9.48 Å². The number of nitriles is 1. The maximum atomic E-state index is 12.1. The lowest BCUT2D eigenvalue weighted by molar-refractivity contribution is -0.149. The summed E-state index contributed by atoms with van der Waals surface area (Å²) in [5.74, 6) is -0.183. The molecule has 0 atom stereocenters. The lowest BCUT2D eigenvalue weighted by atomic mass is 9.67. The van der Waals surface area contributed by atoms with Crippen LogP contribution in [0.15, 0.2) is 18.2 Å². The topological polar surface area (TPSA) is 67.9 Å². The average Bonchev–Trinajstić information content (AvgIpc) is 3.18. The Hall–Kier alpha value is -2.35. The van der Waals surface area contributed by atoms with E-state index in [0.29, 0.717) is 38.3 Å². The van der Waals surface area contributed by atoms with E-state index in [1.807, 2.05) is 6.92 Å². The Kier molecular flexibility index (Phi) is 6.13. The van der Waals surface area contributed by atoms with E-state index < -0.39 is 5.41 Å². The third-order valence-corrected chi connectivity index (χ3v) is 7.27. The van der Waals surface area contributed by atoms with Crippen LogP contribution in [0.1, 0.15) is 88.9 Å². The van der Waals surface area contributed by atoms with Crippen molar-refractivity contribution in [2.24, 2.45) is 5.92 Å². The zero-order valence-corrected chi connectivity index (χ0v) is 18.3. The van der Waals surface area contributed by atoms with Gasteiger partial charge in [-0.05, 0) is 63.5 Å². The predicted molar refractivity (Wildman–Crippen MR) is 117 cm³/mol. The summed E-state index contributed by atoms with van der Waals surface area (Å²) in [7, 11) is 0. The zero-order valence-electron chi connectivity index (χ0n) is 18.3. The van der Waals surface area contributed by atoms with Crippen LogP contribution in [-0.2, 0) is 21.4 Å². The second kappa shape index (κ2) is 8.79. The van der Waals surface area contributed by atoms with Gasteiger partial charge in [-0.2, -0.15) is 10.4 Å². The number of aromatic nitrogens is 2. The van der Waals surface area contributed by atoms with Crippen molar-refractivity contribution in [2.45, 2.75) is 89.5 Å². The molecule has 160 valence electrons. The second-order valence-corrected chi connectivity index (χ2v) is 8.99. The lowest BCUT2D eigenvalue weighted by Crippen LogP contribution is -2.33. The molecular weight excluding hydrogens is 374 g/mol. The number of hydrogen-bond acceptors (Lipinski definition) is 4. The van der Waals surface area contributed by atoms with Crippen molar-refractivity contribution in [2.75, 3.05) is 6.61 Å². The SMILES string of the molecule is CCOC(=O)[C@H]1CC[C@@](C#N)(c2ccc3c(CC)nn(C4CCCCC4)c3c2)CC1. The molecule has 2 saturated carbocycles. The Morgan fingerprint density at radius 2 is 1.93 bits per heavy atom. The standard InChI is InChI=1S/C25H33N3O2/c1-3-22-21-11-10-19(16-23(21)28(27-22)20-8-6-5-7-9-20)25(17-26)14-12-18(13-15-25)24(29)30-4-2/h10-11,16,18,20H,3-9,12-15H2,1-2H3/t18-,25+. The molecule has 2 aliphatic rings. The number of carbonyl (C=O) groups is 1. The highest BCUT2D eigenvalue weighted by Crippen LogP contribution is 2.43. The summed E-state index contributed by atoms with van der Waals surface area (Å²) in [4.78, 5) is 12.1. The van der Waals surface area contributed by atoms with Crippen LogP contribution in [-0.4, -0.2) is 22.4 Å². The molecule has 0 radical (unpaired) electrons. The number of carbonyl (C=O) groups excluding carboxylic acids is 1. The highest BCUT2D eigenvalue weighted by atomic mass is 16.5. The molecule has 0 aliphatic heterocycles. The summed E-state index contributed by atoms with van der Waals surface area (Å²) < 4.78 is 7.47. The van der Waals surface area contributed by atoms with E-state index in [1.54, 1.807) is 0 Å². The first-order chi connectivity index (χ1) is 14.6. The monoisotopic (exact) mass is 407 g/mol. The molecule has 1 aromatic heterocycles. The van der Waals surface area contributed by atoms with E-state index in [2.05, 4.69) is 35.9 Å². The highest BCUT2D eigenvalue weighted by molar-refractivity contribution is 5.83. The van der Waals surface area contributed by atoms with E-state index in [0.717, 1.165) is 17.7 Å². The molecule has 1 heterocycles. The van der Waals surface area contributed by atoms with Gasteiger partial charge in [0.2, 0.25) is 0 Å². The molecule has 0 amide bonds. The quantitative estimate of drug-likeness (QED) is 0.603. The van der Waals surface area contributed by atoms with Crippen molar-refractivity contribution < 1.29 is 9.53 Å². The van der Waals surface area contributed by atoms with E-state index >= 15 is 0 Å². The molecule has 2 fully saturated rings. The normalized spacial score (nSPS) is 25.2. The Balaban J connectivity index is 1.67. The van der Waals surface area contributed by atoms with Crippen molar-refractivity contribution in [3.05, 3.63) is 29.5 Å². The molecule has 0 unspecified atom stereocenters. The van der Waals surface area contributed by atoms with Gasteiger partial charge in [0.05, 0.1) is 41.3 Å². The second-order valence-electron chi connectivity index (χ2n) is 8.99. The molecule has 0 saturated heterocycles. The molecule has 5 nitrogen and oxygen atoms in total. The number of fused-ring (bicyclic) bond motifs is 1. The van der Waals surface area contributed by atoms with Crippen LogP contribution >= 0.6 is 0 Å². The number of rotatable bonds is 5.